The van der Waals surface area contributed by atoms with Gasteiger partial charge in [0, 0.05) is 0 Å². The molecule has 0 spiro atoms. The summed E-state index contributed by atoms with van der Waals surface area (Å²) in [4.78, 5) is 39.3. The van der Waals surface area contributed by atoms with Crippen molar-refractivity contribution in [2.45, 2.75) is 20.4 Å². The number of imide groups is 1. The highest BCUT2D eigenvalue weighted by Crippen LogP contribution is 2.34. The second-order valence-corrected chi connectivity index (χ2v) is 8.52. The molecular weight excluding hydrogens is 422 g/mol. The maximum atomic E-state index is 12.8. The third-order valence-corrected chi connectivity index (χ3v) is 6.02. The van der Waals surface area contributed by atoms with Crippen LogP contribution < -0.4 is 4.74 Å². The number of carbonyl (C=O) groups excluding carboxylic acids is 3. The Labute approximate surface area is 190 Å². The molecule has 3 aromatic rings. The van der Waals surface area contributed by atoms with Gasteiger partial charge in [0.1, 0.15) is 5.75 Å². The summed E-state index contributed by atoms with van der Waals surface area (Å²) >= 11 is 0.910. The third-order valence-electron chi connectivity index (χ3n) is 5.12. The molecule has 1 saturated heterocycles. The SMILES string of the molecule is Cc1ccc(C(=O)Oc2cccc(/C=C3\SC(=O)N(Cc4ccccc4C)C3=O)c2)cc1. The summed E-state index contributed by atoms with van der Waals surface area (Å²) in [6.07, 6.45) is 1.64. The molecule has 0 atom stereocenters. The zero-order chi connectivity index (χ0) is 22.7. The number of nitrogens with zero attached hydrogens (tertiary/aromatic N) is 1. The van der Waals surface area contributed by atoms with Crippen LogP contribution in [0.15, 0.2) is 77.7 Å². The second kappa shape index (κ2) is 9.24. The largest absolute Gasteiger partial charge is 0.423 e. The van der Waals surface area contributed by atoms with Crippen molar-refractivity contribution in [1.29, 1.82) is 0 Å². The fourth-order valence-corrected chi connectivity index (χ4v) is 4.11. The van der Waals surface area contributed by atoms with E-state index in [1.165, 1.54) is 4.90 Å². The smallest absolute Gasteiger partial charge is 0.343 e. The van der Waals surface area contributed by atoms with Gasteiger partial charge in [0.2, 0.25) is 0 Å². The first kappa shape index (κ1) is 21.6. The minimum atomic E-state index is -0.458. The van der Waals surface area contributed by atoms with Crippen molar-refractivity contribution in [2.75, 3.05) is 0 Å². The molecule has 32 heavy (non-hydrogen) atoms. The first-order valence-electron chi connectivity index (χ1n) is 10.1. The molecule has 0 N–H and O–H groups in total. The molecule has 5 nitrogen and oxygen atoms in total. The Bertz CT molecular complexity index is 1230. The molecule has 4 rings (SSSR count). The lowest BCUT2D eigenvalue weighted by Gasteiger charge is -2.14. The van der Waals surface area contributed by atoms with E-state index >= 15 is 0 Å². The molecule has 0 aliphatic carbocycles. The predicted molar refractivity (Wildman–Crippen MR) is 125 cm³/mol. The third kappa shape index (κ3) is 4.81. The van der Waals surface area contributed by atoms with Gasteiger partial charge in [0.25, 0.3) is 11.1 Å². The molecule has 0 bridgehead atoms. The van der Waals surface area contributed by atoms with Crippen LogP contribution in [0.5, 0.6) is 5.75 Å². The van der Waals surface area contributed by atoms with E-state index in [0.29, 0.717) is 21.8 Å². The molecule has 6 heteroatoms. The molecule has 0 saturated carbocycles. The first-order chi connectivity index (χ1) is 15.4. The lowest BCUT2D eigenvalue weighted by atomic mass is 10.1. The van der Waals surface area contributed by atoms with E-state index < -0.39 is 5.97 Å². The minimum absolute atomic E-state index is 0.239. The van der Waals surface area contributed by atoms with Gasteiger partial charge in [-0.15, -0.1) is 0 Å². The molecule has 160 valence electrons. The van der Waals surface area contributed by atoms with Gasteiger partial charge in [0.15, 0.2) is 0 Å². The number of rotatable bonds is 5. The Morgan fingerprint density at radius 3 is 2.47 bits per heavy atom. The maximum absolute atomic E-state index is 12.8. The molecule has 1 heterocycles. The number of ether oxygens (including phenoxy) is 1. The summed E-state index contributed by atoms with van der Waals surface area (Å²) in [5, 5.41) is -0.300. The van der Waals surface area contributed by atoms with Gasteiger partial charge in [-0.25, -0.2) is 4.79 Å². The standard InChI is InChI=1S/C26H21NO4S/c1-17-10-12-20(13-11-17)25(29)31-22-9-5-7-19(14-22)15-23-24(28)27(26(30)32-23)16-21-8-4-3-6-18(21)2/h3-15H,16H2,1-2H3/b23-15-. The monoisotopic (exact) mass is 443 g/mol. The average molecular weight is 444 g/mol. The van der Waals surface area contributed by atoms with E-state index in [2.05, 4.69) is 0 Å². The van der Waals surface area contributed by atoms with Gasteiger partial charge in [-0.3, -0.25) is 14.5 Å². The summed E-state index contributed by atoms with van der Waals surface area (Å²) < 4.78 is 5.47. The second-order valence-electron chi connectivity index (χ2n) is 7.52. The maximum Gasteiger partial charge on any atom is 0.343 e. The predicted octanol–water partition coefficient (Wildman–Crippen LogP) is 5.76. The number of hydrogen-bond donors (Lipinski definition) is 0. The van der Waals surface area contributed by atoms with Crippen LogP contribution in [0.4, 0.5) is 4.79 Å². The Balaban J connectivity index is 1.49. The minimum Gasteiger partial charge on any atom is -0.423 e. The highest BCUT2D eigenvalue weighted by Gasteiger charge is 2.35. The average Bonchev–Trinajstić information content (AvgIpc) is 3.03. The highest BCUT2D eigenvalue weighted by atomic mass is 32.2. The number of amides is 2. The van der Waals surface area contributed by atoms with Crippen molar-refractivity contribution in [3.8, 4) is 5.75 Å². The quantitative estimate of drug-likeness (QED) is 0.285. The summed E-state index contributed by atoms with van der Waals surface area (Å²) in [5.74, 6) is -0.422. The fraction of sp³-hybridized carbons (Fsp3) is 0.115. The van der Waals surface area contributed by atoms with Crippen LogP contribution in [0.3, 0.4) is 0 Å². The van der Waals surface area contributed by atoms with Gasteiger partial charge < -0.3 is 4.74 Å². The Kier molecular flexibility index (Phi) is 6.23. The zero-order valence-corrected chi connectivity index (χ0v) is 18.5. The van der Waals surface area contributed by atoms with Gasteiger partial charge >= 0.3 is 5.97 Å². The lowest BCUT2D eigenvalue weighted by molar-refractivity contribution is -0.123. The molecule has 1 fully saturated rings. The Morgan fingerprint density at radius 2 is 1.72 bits per heavy atom. The van der Waals surface area contributed by atoms with E-state index in [1.807, 2.05) is 50.2 Å². The van der Waals surface area contributed by atoms with Gasteiger partial charge in [-0.2, -0.15) is 0 Å². The van der Waals surface area contributed by atoms with E-state index in [-0.39, 0.29) is 17.7 Å². The topological polar surface area (TPSA) is 63.7 Å². The van der Waals surface area contributed by atoms with Crippen molar-refractivity contribution in [3.05, 3.63) is 106 Å². The van der Waals surface area contributed by atoms with Crippen molar-refractivity contribution >= 4 is 35.0 Å². The summed E-state index contributed by atoms with van der Waals surface area (Å²) in [7, 11) is 0. The summed E-state index contributed by atoms with van der Waals surface area (Å²) in [6.45, 7) is 4.14. The van der Waals surface area contributed by atoms with Gasteiger partial charge in [0.05, 0.1) is 17.0 Å². The van der Waals surface area contributed by atoms with Crippen LogP contribution in [0, 0.1) is 13.8 Å². The Morgan fingerprint density at radius 1 is 0.969 bits per heavy atom. The number of carbonyl (C=O) groups is 3. The zero-order valence-electron chi connectivity index (χ0n) is 17.7. The molecule has 1 aliphatic rings. The molecular formula is C26H21NO4S. The van der Waals surface area contributed by atoms with E-state index in [1.54, 1.807) is 42.5 Å². The van der Waals surface area contributed by atoms with Crippen LogP contribution in [0.2, 0.25) is 0 Å². The van der Waals surface area contributed by atoms with Crippen LogP contribution >= 0.6 is 11.8 Å². The van der Waals surface area contributed by atoms with E-state index in [0.717, 1.165) is 28.5 Å². The molecule has 0 unspecified atom stereocenters. The fourth-order valence-electron chi connectivity index (χ4n) is 3.27. The van der Waals surface area contributed by atoms with E-state index in [9.17, 15) is 14.4 Å². The number of hydrogen-bond acceptors (Lipinski definition) is 5. The molecule has 0 aromatic heterocycles. The normalized spacial score (nSPS) is 14.8. The van der Waals surface area contributed by atoms with Crippen molar-refractivity contribution in [1.82, 2.24) is 4.90 Å². The number of thioether (sulfide) groups is 1. The van der Waals surface area contributed by atoms with Gasteiger partial charge in [-0.1, -0.05) is 54.1 Å². The van der Waals surface area contributed by atoms with Crippen LogP contribution in [-0.2, 0) is 11.3 Å². The summed E-state index contributed by atoms with van der Waals surface area (Å²) in [6, 6.07) is 21.7. The molecule has 1 aliphatic heterocycles. The number of esters is 1. The molecule has 2 amide bonds. The van der Waals surface area contributed by atoms with Crippen molar-refractivity contribution < 1.29 is 19.1 Å². The highest BCUT2D eigenvalue weighted by molar-refractivity contribution is 8.18. The lowest BCUT2D eigenvalue weighted by Crippen LogP contribution is -2.27. The molecule has 0 radical (unpaired) electrons. The summed E-state index contributed by atoms with van der Waals surface area (Å²) in [5.41, 5.74) is 4.14. The van der Waals surface area contributed by atoms with Crippen molar-refractivity contribution in [2.24, 2.45) is 0 Å². The number of benzene rings is 3. The van der Waals surface area contributed by atoms with Crippen LogP contribution in [0.1, 0.15) is 32.6 Å². The number of aryl methyl sites for hydroxylation is 2. The van der Waals surface area contributed by atoms with Crippen LogP contribution in [-0.4, -0.2) is 22.0 Å². The van der Waals surface area contributed by atoms with Gasteiger partial charge in [-0.05, 0) is 72.6 Å². The first-order valence-corrected chi connectivity index (χ1v) is 10.9. The van der Waals surface area contributed by atoms with Crippen molar-refractivity contribution in [3.63, 3.8) is 0 Å². The Hall–Kier alpha value is -3.64. The molecule has 3 aromatic carbocycles. The van der Waals surface area contributed by atoms with Crippen LogP contribution in [0.25, 0.3) is 6.08 Å². The van der Waals surface area contributed by atoms with E-state index in [4.69, 9.17) is 4.74 Å².